The molecule has 0 aliphatic heterocycles. The summed E-state index contributed by atoms with van der Waals surface area (Å²) in [6.07, 6.45) is 0. The van der Waals surface area contributed by atoms with E-state index in [1.807, 2.05) is 22.8 Å². The highest BCUT2D eigenvalue weighted by Gasteiger charge is 2.08. The fourth-order valence-corrected chi connectivity index (χ4v) is 2.47. The third-order valence-corrected chi connectivity index (χ3v) is 3.42. The largest absolute Gasteiger partial charge is 0.340 e. The molecule has 0 aliphatic carbocycles. The van der Waals surface area contributed by atoms with Crippen LogP contribution < -0.4 is 0 Å². The SMILES string of the molecule is Cc1nc(Cn2c(=S)[nH]c3cc(Br)ccc32)no1. The number of hydrogen-bond acceptors (Lipinski definition) is 4. The molecule has 0 spiro atoms. The number of hydrogen-bond donors (Lipinski definition) is 1. The molecule has 1 N–H and O–H groups in total. The number of H-pyrrole nitrogens is 1. The Hall–Kier alpha value is -1.47. The van der Waals surface area contributed by atoms with Crippen LogP contribution in [0.3, 0.4) is 0 Å². The molecular weight excluding hydrogens is 316 g/mol. The van der Waals surface area contributed by atoms with Gasteiger partial charge < -0.3 is 14.1 Å². The van der Waals surface area contributed by atoms with E-state index < -0.39 is 0 Å². The third-order valence-electron chi connectivity index (χ3n) is 2.61. The van der Waals surface area contributed by atoms with E-state index >= 15 is 0 Å². The van der Waals surface area contributed by atoms with Gasteiger partial charge in [-0.25, -0.2) is 0 Å². The van der Waals surface area contributed by atoms with Crippen molar-refractivity contribution in [3.63, 3.8) is 0 Å². The van der Waals surface area contributed by atoms with Crippen LogP contribution in [-0.2, 0) is 6.54 Å². The Morgan fingerprint density at radius 1 is 1.50 bits per heavy atom. The van der Waals surface area contributed by atoms with Crippen molar-refractivity contribution in [2.24, 2.45) is 0 Å². The van der Waals surface area contributed by atoms with Crippen LogP contribution in [-0.4, -0.2) is 19.7 Å². The number of aromatic nitrogens is 4. The summed E-state index contributed by atoms with van der Waals surface area (Å²) < 4.78 is 8.56. The van der Waals surface area contributed by atoms with Gasteiger partial charge in [-0.3, -0.25) is 0 Å². The lowest BCUT2D eigenvalue weighted by Gasteiger charge is -2.00. The van der Waals surface area contributed by atoms with Crippen molar-refractivity contribution in [1.82, 2.24) is 19.7 Å². The van der Waals surface area contributed by atoms with Crippen LogP contribution in [0.1, 0.15) is 11.7 Å². The van der Waals surface area contributed by atoms with Gasteiger partial charge >= 0.3 is 0 Å². The quantitative estimate of drug-likeness (QED) is 0.735. The number of imidazole rings is 1. The topological polar surface area (TPSA) is 59.6 Å². The van der Waals surface area contributed by atoms with Crippen molar-refractivity contribution in [1.29, 1.82) is 0 Å². The van der Waals surface area contributed by atoms with Gasteiger partial charge in [0.15, 0.2) is 10.6 Å². The monoisotopic (exact) mass is 324 g/mol. The first kappa shape index (κ1) is 11.6. The van der Waals surface area contributed by atoms with Gasteiger partial charge in [-0.1, -0.05) is 21.1 Å². The minimum atomic E-state index is 0.498. The van der Waals surface area contributed by atoms with Crippen LogP contribution in [0.15, 0.2) is 27.2 Å². The highest BCUT2D eigenvalue weighted by molar-refractivity contribution is 9.10. The molecule has 2 heterocycles. The molecule has 0 saturated carbocycles. The predicted octanol–water partition coefficient (Wildman–Crippen LogP) is 3.20. The summed E-state index contributed by atoms with van der Waals surface area (Å²) >= 11 is 8.74. The van der Waals surface area contributed by atoms with Crippen LogP contribution >= 0.6 is 28.1 Å². The summed E-state index contributed by atoms with van der Waals surface area (Å²) in [7, 11) is 0. The molecule has 7 heteroatoms. The second kappa shape index (κ2) is 4.33. The molecule has 2 aromatic heterocycles. The number of fused-ring (bicyclic) bond motifs is 1. The Morgan fingerprint density at radius 3 is 3.06 bits per heavy atom. The smallest absolute Gasteiger partial charge is 0.223 e. The van der Waals surface area contributed by atoms with E-state index in [0.717, 1.165) is 15.5 Å². The molecule has 0 amide bonds. The van der Waals surface area contributed by atoms with Gasteiger partial charge in [0.05, 0.1) is 17.6 Å². The number of aryl methyl sites for hydroxylation is 1. The molecule has 0 atom stereocenters. The van der Waals surface area contributed by atoms with E-state index in [1.165, 1.54) is 0 Å². The number of rotatable bonds is 2. The average molecular weight is 325 g/mol. The minimum absolute atomic E-state index is 0.498. The van der Waals surface area contributed by atoms with Crippen molar-refractivity contribution in [3.05, 3.63) is 39.2 Å². The molecule has 0 bridgehead atoms. The number of benzene rings is 1. The molecule has 0 saturated heterocycles. The molecule has 92 valence electrons. The van der Waals surface area contributed by atoms with E-state index in [-0.39, 0.29) is 0 Å². The van der Waals surface area contributed by atoms with Crippen molar-refractivity contribution in [3.8, 4) is 0 Å². The fraction of sp³-hybridized carbons (Fsp3) is 0.182. The van der Waals surface area contributed by atoms with E-state index in [1.54, 1.807) is 6.92 Å². The van der Waals surface area contributed by atoms with Gasteiger partial charge in [0.25, 0.3) is 0 Å². The lowest BCUT2D eigenvalue weighted by Crippen LogP contribution is -2.01. The van der Waals surface area contributed by atoms with Crippen molar-refractivity contribution in [2.75, 3.05) is 0 Å². The molecule has 0 fully saturated rings. The normalized spacial score (nSPS) is 11.2. The van der Waals surface area contributed by atoms with Crippen LogP contribution in [0, 0.1) is 11.7 Å². The zero-order valence-corrected chi connectivity index (χ0v) is 11.9. The van der Waals surface area contributed by atoms with Crippen molar-refractivity contribution >= 4 is 39.2 Å². The molecule has 0 unspecified atom stereocenters. The van der Waals surface area contributed by atoms with Gasteiger partial charge in [0.1, 0.15) is 0 Å². The lowest BCUT2D eigenvalue weighted by molar-refractivity contribution is 0.386. The van der Waals surface area contributed by atoms with Crippen molar-refractivity contribution < 1.29 is 4.52 Å². The maximum absolute atomic E-state index is 5.31. The standard InChI is InChI=1S/C11H9BrN4OS/c1-6-13-10(15-17-6)5-16-9-3-2-7(12)4-8(9)14-11(16)18/h2-4H,5H2,1H3,(H,14,18). The number of nitrogens with one attached hydrogen (secondary N) is 1. The van der Waals surface area contributed by atoms with Gasteiger partial charge in [0, 0.05) is 11.4 Å². The zero-order chi connectivity index (χ0) is 12.7. The Bertz CT molecular complexity index is 773. The fourth-order valence-electron chi connectivity index (χ4n) is 1.84. The maximum atomic E-state index is 5.31. The predicted molar refractivity (Wildman–Crippen MR) is 73.0 cm³/mol. The van der Waals surface area contributed by atoms with E-state index in [9.17, 15) is 0 Å². The van der Waals surface area contributed by atoms with E-state index in [2.05, 4.69) is 31.1 Å². The molecule has 0 aliphatic rings. The summed E-state index contributed by atoms with van der Waals surface area (Å²) in [5.74, 6) is 1.17. The third kappa shape index (κ3) is 1.99. The Labute approximate surface area is 116 Å². The van der Waals surface area contributed by atoms with Crippen molar-refractivity contribution in [2.45, 2.75) is 13.5 Å². The first-order valence-electron chi connectivity index (χ1n) is 5.31. The number of nitrogens with zero attached hydrogens (tertiary/aromatic N) is 3. The molecule has 3 aromatic rings. The zero-order valence-electron chi connectivity index (χ0n) is 9.48. The summed E-state index contributed by atoms with van der Waals surface area (Å²) in [5, 5.41) is 3.88. The molecule has 18 heavy (non-hydrogen) atoms. The highest BCUT2D eigenvalue weighted by Crippen LogP contribution is 2.20. The number of halogens is 1. The Kier molecular flexibility index (Phi) is 2.79. The summed E-state index contributed by atoms with van der Waals surface area (Å²) in [4.78, 5) is 7.34. The maximum Gasteiger partial charge on any atom is 0.223 e. The lowest BCUT2D eigenvalue weighted by atomic mass is 10.3. The van der Waals surface area contributed by atoms with Crippen LogP contribution in [0.5, 0.6) is 0 Å². The van der Waals surface area contributed by atoms with Crippen LogP contribution in [0.4, 0.5) is 0 Å². The average Bonchev–Trinajstić information content (AvgIpc) is 2.84. The molecule has 0 radical (unpaired) electrons. The van der Waals surface area contributed by atoms with Gasteiger partial charge in [-0.05, 0) is 30.4 Å². The number of aromatic amines is 1. The van der Waals surface area contributed by atoms with Crippen LogP contribution in [0.2, 0.25) is 0 Å². The molecular formula is C11H9BrN4OS. The molecule has 1 aromatic carbocycles. The van der Waals surface area contributed by atoms with Gasteiger partial charge in [0.2, 0.25) is 5.89 Å². The summed E-state index contributed by atoms with van der Waals surface area (Å²) in [6, 6.07) is 5.96. The molecule has 5 nitrogen and oxygen atoms in total. The van der Waals surface area contributed by atoms with Gasteiger partial charge in [-0.2, -0.15) is 4.98 Å². The van der Waals surface area contributed by atoms with E-state index in [4.69, 9.17) is 16.7 Å². The van der Waals surface area contributed by atoms with Gasteiger partial charge in [-0.15, -0.1) is 0 Å². The Morgan fingerprint density at radius 2 is 2.33 bits per heavy atom. The first-order valence-corrected chi connectivity index (χ1v) is 6.51. The molecule has 3 rings (SSSR count). The Balaban J connectivity index is 2.11. The summed E-state index contributed by atoms with van der Waals surface area (Å²) in [5.41, 5.74) is 2.00. The highest BCUT2D eigenvalue weighted by atomic mass is 79.9. The summed E-state index contributed by atoms with van der Waals surface area (Å²) in [6.45, 7) is 2.26. The first-order chi connectivity index (χ1) is 8.63. The minimum Gasteiger partial charge on any atom is -0.340 e. The van der Waals surface area contributed by atoms with Crippen LogP contribution in [0.25, 0.3) is 11.0 Å². The van der Waals surface area contributed by atoms with E-state index in [0.29, 0.717) is 23.0 Å². The second-order valence-corrected chi connectivity index (χ2v) is 5.21. The second-order valence-electron chi connectivity index (χ2n) is 3.91.